The van der Waals surface area contributed by atoms with Gasteiger partial charge in [0, 0.05) is 25.8 Å². The molecule has 0 bridgehead atoms. The molecule has 1 atom stereocenters. The number of carbonyl (C=O) groups is 2. The third-order valence-electron chi connectivity index (χ3n) is 3.83. The Hall–Kier alpha value is -2.30. The molecule has 0 saturated heterocycles. The molecule has 0 saturated carbocycles. The number of hydrogen-bond acceptors (Lipinski definition) is 2. The lowest BCUT2D eigenvalue weighted by Gasteiger charge is -2.23. The van der Waals surface area contributed by atoms with Crippen molar-refractivity contribution in [3.63, 3.8) is 0 Å². The van der Waals surface area contributed by atoms with Crippen LogP contribution < -0.4 is 5.32 Å². The predicted octanol–water partition coefficient (Wildman–Crippen LogP) is 1.54. The molecule has 1 aromatic carbocycles. The van der Waals surface area contributed by atoms with Crippen molar-refractivity contribution in [1.29, 1.82) is 0 Å². The molecule has 0 aliphatic carbocycles. The van der Waals surface area contributed by atoms with Gasteiger partial charge < -0.3 is 14.8 Å². The van der Waals surface area contributed by atoms with E-state index >= 15 is 0 Å². The number of nitrogens with one attached hydrogen (secondary N) is 1. The molecular weight excluding hydrogens is 266 g/mol. The van der Waals surface area contributed by atoms with E-state index < -0.39 is 6.04 Å². The third kappa shape index (κ3) is 3.07. The molecule has 2 rings (SSSR count). The van der Waals surface area contributed by atoms with Crippen LogP contribution in [0.25, 0.3) is 10.9 Å². The van der Waals surface area contributed by atoms with Gasteiger partial charge in [0.25, 0.3) is 0 Å². The number of carbonyl (C=O) groups excluding carboxylic acids is 2. The molecule has 0 radical (unpaired) electrons. The Labute approximate surface area is 124 Å². The Morgan fingerprint density at radius 2 is 2.05 bits per heavy atom. The van der Waals surface area contributed by atoms with Crippen LogP contribution >= 0.6 is 0 Å². The summed E-state index contributed by atoms with van der Waals surface area (Å²) in [5.41, 5.74) is 2.21. The van der Waals surface area contributed by atoms with Gasteiger partial charge in [0.05, 0.1) is 0 Å². The first-order valence-electron chi connectivity index (χ1n) is 6.96. The number of benzene rings is 1. The van der Waals surface area contributed by atoms with E-state index in [1.807, 2.05) is 35.9 Å². The second-order valence-corrected chi connectivity index (χ2v) is 5.30. The van der Waals surface area contributed by atoms with Crippen molar-refractivity contribution in [3.8, 4) is 0 Å². The highest BCUT2D eigenvalue weighted by Gasteiger charge is 2.21. The van der Waals surface area contributed by atoms with Crippen molar-refractivity contribution in [2.24, 2.45) is 0 Å². The largest absolute Gasteiger partial charge is 0.357 e. The van der Waals surface area contributed by atoms with Crippen LogP contribution in [0.15, 0.2) is 30.5 Å². The molecule has 0 fully saturated rings. The standard InChI is InChI=1S/C16H21N3O2/c1-11-5-6-14-13(9-11)7-8-19(14)10-15(20)18(4)12(2)16(21)17-3/h5-9,12H,10H2,1-4H3,(H,17,21)/t12-/m0/s1. The molecule has 1 aromatic heterocycles. The van der Waals surface area contributed by atoms with Crippen molar-refractivity contribution in [2.75, 3.05) is 14.1 Å². The number of aromatic nitrogens is 1. The molecule has 21 heavy (non-hydrogen) atoms. The van der Waals surface area contributed by atoms with Crippen molar-refractivity contribution < 1.29 is 9.59 Å². The molecule has 112 valence electrons. The monoisotopic (exact) mass is 287 g/mol. The van der Waals surface area contributed by atoms with Crippen LogP contribution in [-0.4, -0.2) is 41.4 Å². The SMILES string of the molecule is CNC(=O)[C@H](C)N(C)C(=O)Cn1ccc2cc(C)ccc21. The highest BCUT2D eigenvalue weighted by Crippen LogP contribution is 2.17. The van der Waals surface area contributed by atoms with Gasteiger partial charge in [-0.05, 0) is 37.4 Å². The summed E-state index contributed by atoms with van der Waals surface area (Å²) in [4.78, 5) is 25.4. The summed E-state index contributed by atoms with van der Waals surface area (Å²) in [6, 6.07) is 7.65. The fourth-order valence-electron chi connectivity index (χ4n) is 2.32. The molecule has 1 N–H and O–H groups in total. The minimum atomic E-state index is -0.480. The van der Waals surface area contributed by atoms with E-state index in [9.17, 15) is 9.59 Å². The van der Waals surface area contributed by atoms with Crippen molar-refractivity contribution in [2.45, 2.75) is 26.4 Å². The van der Waals surface area contributed by atoms with Crippen LogP contribution in [0.4, 0.5) is 0 Å². The molecular formula is C16H21N3O2. The third-order valence-corrected chi connectivity index (χ3v) is 3.83. The Balaban J connectivity index is 2.16. The summed E-state index contributed by atoms with van der Waals surface area (Å²) in [5, 5.41) is 3.67. The molecule has 0 spiro atoms. The first-order valence-corrected chi connectivity index (χ1v) is 6.96. The summed E-state index contributed by atoms with van der Waals surface area (Å²) in [6.07, 6.45) is 1.90. The number of aryl methyl sites for hydroxylation is 1. The van der Waals surface area contributed by atoms with E-state index in [4.69, 9.17) is 0 Å². The molecule has 5 nitrogen and oxygen atoms in total. The maximum absolute atomic E-state index is 12.3. The molecule has 0 aliphatic rings. The Bertz CT molecular complexity index is 675. The van der Waals surface area contributed by atoms with E-state index in [0.717, 1.165) is 10.9 Å². The lowest BCUT2D eigenvalue weighted by Crippen LogP contribution is -2.45. The molecule has 2 aromatic rings. The summed E-state index contributed by atoms with van der Waals surface area (Å²) in [6.45, 7) is 3.99. The number of fused-ring (bicyclic) bond motifs is 1. The van der Waals surface area contributed by atoms with Gasteiger partial charge in [0.15, 0.2) is 0 Å². The van der Waals surface area contributed by atoms with E-state index in [1.165, 1.54) is 10.5 Å². The number of likely N-dealkylation sites (N-methyl/N-ethyl adjacent to an activating group) is 2. The lowest BCUT2D eigenvalue weighted by atomic mass is 10.2. The fourth-order valence-corrected chi connectivity index (χ4v) is 2.32. The van der Waals surface area contributed by atoms with Gasteiger partial charge in [-0.1, -0.05) is 11.6 Å². The number of rotatable bonds is 4. The van der Waals surface area contributed by atoms with E-state index in [1.54, 1.807) is 21.0 Å². The number of amides is 2. The zero-order valence-corrected chi connectivity index (χ0v) is 12.9. The van der Waals surface area contributed by atoms with Gasteiger partial charge in [-0.15, -0.1) is 0 Å². The topological polar surface area (TPSA) is 54.3 Å². The Morgan fingerprint density at radius 3 is 2.71 bits per heavy atom. The molecule has 0 unspecified atom stereocenters. The van der Waals surface area contributed by atoms with Crippen LogP contribution in [0.2, 0.25) is 0 Å². The fraction of sp³-hybridized carbons (Fsp3) is 0.375. The van der Waals surface area contributed by atoms with E-state index in [0.29, 0.717) is 0 Å². The molecule has 5 heteroatoms. The van der Waals surface area contributed by atoms with E-state index in [-0.39, 0.29) is 18.4 Å². The summed E-state index contributed by atoms with van der Waals surface area (Å²) in [5.74, 6) is -0.261. The first kappa shape index (κ1) is 15.1. The van der Waals surface area contributed by atoms with Crippen LogP contribution in [-0.2, 0) is 16.1 Å². The zero-order valence-electron chi connectivity index (χ0n) is 12.9. The smallest absolute Gasteiger partial charge is 0.242 e. The van der Waals surface area contributed by atoms with Gasteiger partial charge in [0.1, 0.15) is 12.6 Å². The van der Waals surface area contributed by atoms with Gasteiger partial charge in [0.2, 0.25) is 11.8 Å². The maximum atomic E-state index is 12.3. The Morgan fingerprint density at radius 1 is 1.33 bits per heavy atom. The maximum Gasteiger partial charge on any atom is 0.242 e. The molecule has 1 heterocycles. The normalized spacial score (nSPS) is 12.2. The van der Waals surface area contributed by atoms with Gasteiger partial charge >= 0.3 is 0 Å². The predicted molar refractivity (Wildman–Crippen MR) is 83.0 cm³/mol. The van der Waals surface area contributed by atoms with Gasteiger partial charge in [-0.2, -0.15) is 0 Å². The minimum absolute atomic E-state index is 0.0934. The Kier molecular flexibility index (Phi) is 4.31. The van der Waals surface area contributed by atoms with Crippen molar-refractivity contribution in [1.82, 2.24) is 14.8 Å². The quantitative estimate of drug-likeness (QED) is 0.927. The first-order chi connectivity index (χ1) is 9.93. The van der Waals surface area contributed by atoms with Crippen LogP contribution in [0, 0.1) is 6.92 Å². The van der Waals surface area contributed by atoms with Gasteiger partial charge in [-0.3, -0.25) is 9.59 Å². The van der Waals surface area contributed by atoms with Crippen LogP contribution in [0.1, 0.15) is 12.5 Å². The van der Waals surface area contributed by atoms with E-state index in [2.05, 4.69) is 11.4 Å². The summed E-state index contributed by atoms with van der Waals surface area (Å²) >= 11 is 0. The minimum Gasteiger partial charge on any atom is -0.357 e. The second kappa shape index (κ2) is 5.99. The lowest BCUT2D eigenvalue weighted by molar-refractivity contribution is -0.138. The average molecular weight is 287 g/mol. The van der Waals surface area contributed by atoms with Crippen LogP contribution in [0.5, 0.6) is 0 Å². The van der Waals surface area contributed by atoms with Gasteiger partial charge in [-0.25, -0.2) is 0 Å². The number of nitrogens with zero attached hydrogens (tertiary/aromatic N) is 2. The number of hydrogen-bond donors (Lipinski definition) is 1. The molecule has 0 aliphatic heterocycles. The summed E-state index contributed by atoms with van der Waals surface area (Å²) in [7, 11) is 3.22. The second-order valence-electron chi connectivity index (χ2n) is 5.30. The zero-order chi connectivity index (χ0) is 15.6. The molecule has 2 amide bonds. The van der Waals surface area contributed by atoms with Crippen molar-refractivity contribution >= 4 is 22.7 Å². The highest BCUT2D eigenvalue weighted by atomic mass is 16.2. The van der Waals surface area contributed by atoms with Crippen LogP contribution in [0.3, 0.4) is 0 Å². The average Bonchev–Trinajstić information content (AvgIpc) is 2.86. The highest BCUT2D eigenvalue weighted by molar-refractivity contribution is 5.88. The summed E-state index contributed by atoms with van der Waals surface area (Å²) < 4.78 is 1.91. The van der Waals surface area contributed by atoms with Crippen molar-refractivity contribution in [3.05, 3.63) is 36.0 Å².